The molecule has 5 nitrogen and oxygen atoms in total. The number of amides is 1. The van der Waals surface area contributed by atoms with E-state index in [0.717, 1.165) is 57.0 Å². The molecule has 0 radical (unpaired) electrons. The van der Waals surface area contributed by atoms with Crippen LogP contribution in [0.2, 0.25) is 0 Å². The lowest BCUT2D eigenvalue weighted by atomic mass is 10.1. The third-order valence-electron chi connectivity index (χ3n) is 5.81. The largest absolute Gasteiger partial charge is 0.419 e. The Bertz CT molecular complexity index is 863. The van der Waals surface area contributed by atoms with Gasteiger partial charge in [-0.05, 0) is 44.7 Å². The Labute approximate surface area is 207 Å². The van der Waals surface area contributed by atoms with E-state index >= 15 is 0 Å². The van der Waals surface area contributed by atoms with E-state index in [1.807, 2.05) is 42.2 Å². The zero-order chi connectivity index (χ0) is 25.5. The fourth-order valence-corrected chi connectivity index (χ4v) is 3.91. The minimum atomic E-state index is -4.56. The summed E-state index contributed by atoms with van der Waals surface area (Å²) in [6.45, 7) is 5.18. The van der Waals surface area contributed by atoms with Crippen molar-refractivity contribution in [1.82, 2.24) is 10.2 Å². The van der Waals surface area contributed by atoms with Crippen molar-refractivity contribution in [1.29, 1.82) is 0 Å². The number of nitrogens with zero attached hydrogens (tertiary/aromatic N) is 2. The molecule has 0 atom stereocenters. The number of rotatable bonds is 10. The Morgan fingerprint density at radius 1 is 1.11 bits per heavy atom. The van der Waals surface area contributed by atoms with Crippen LogP contribution in [0.1, 0.15) is 71.6 Å². The maximum Gasteiger partial charge on any atom is 0.419 e. The number of anilines is 1. The van der Waals surface area contributed by atoms with Gasteiger partial charge in [0, 0.05) is 43.6 Å². The maximum absolute atomic E-state index is 14.0. The van der Waals surface area contributed by atoms with Crippen molar-refractivity contribution in [3.05, 3.63) is 53.9 Å². The highest BCUT2D eigenvalue weighted by molar-refractivity contribution is 5.93. The highest BCUT2D eigenvalue weighted by Crippen LogP contribution is 2.30. The Hall–Kier alpha value is -2.77. The van der Waals surface area contributed by atoms with Gasteiger partial charge in [0.2, 0.25) is 5.91 Å². The van der Waals surface area contributed by atoms with Crippen molar-refractivity contribution >= 4 is 17.4 Å². The first-order valence-corrected chi connectivity index (χ1v) is 12.7. The molecule has 194 valence electrons. The van der Waals surface area contributed by atoms with Crippen LogP contribution in [0.3, 0.4) is 0 Å². The van der Waals surface area contributed by atoms with Crippen LogP contribution in [0.15, 0.2) is 58.9 Å². The third-order valence-corrected chi connectivity index (χ3v) is 5.81. The molecule has 1 fully saturated rings. The van der Waals surface area contributed by atoms with Crippen LogP contribution in [0, 0.1) is 0 Å². The lowest BCUT2D eigenvalue weighted by Crippen LogP contribution is -2.34. The fraction of sp³-hybridized carbons (Fsp3) is 0.556. The molecule has 1 saturated heterocycles. The molecule has 1 aliphatic rings. The van der Waals surface area contributed by atoms with Crippen LogP contribution in [-0.4, -0.2) is 42.5 Å². The van der Waals surface area contributed by atoms with Gasteiger partial charge in [-0.2, -0.15) is 13.2 Å². The number of amidine groups is 1. The lowest BCUT2D eigenvalue weighted by Gasteiger charge is -2.23. The molecule has 1 amide bonds. The Morgan fingerprint density at radius 2 is 1.83 bits per heavy atom. The van der Waals surface area contributed by atoms with Gasteiger partial charge in [-0.15, -0.1) is 0 Å². The van der Waals surface area contributed by atoms with E-state index in [1.54, 1.807) is 13.0 Å². The molecule has 0 unspecified atom stereocenters. The summed E-state index contributed by atoms with van der Waals surface area (Å²) < 4.78 is 41.9. The van der Waals surface area contributed by atoms with Gasteiger partial charge in [-0.25, -0.2) is 4.99 Å². The molecule has 2 rings (SSSR count). The quantitative estimate of drug-likeness (QED) is 0.163. The smallest absolute Gasteiger partial charge is 0.385 e. The van der Waals surface area contributed by atoms with Crippen molar-refractivity contribution in [2.24, 2.45) is 4.99 Å². The number of unbranched alkanes of at least 4 members (excludes halogenated alkanes) is 1. The lowest BCUT2D eigenvalue weighted by molar-refractivity contribution is -0.131. The minimum Gasteiger partial charge on any atom is -0.385 e. The fourth-order valence-electron chi connectivity index (χ4n) is 3.91. The van der Waals surface area contributed by atoms with Gasteiger partial charge in [0.1, 0.15) is 5.84 Å². The second kappa shape index (κ2) is 15.3. The van der Waals surface area contributed by atoms with Crippen LogP contribution < -0.4 is 10.6 Å². The summed E-state index contributed by atoms with van der Waals surface area (Å²) in [4.78, 5) is 18.3. The highest BCUT2D eigenvalue weighted by atomic mass is 19.4. The summed E-state index contributed by atoms with van der Waals surface area (Å²) in [6, 6.07) is 9.18. The summed E-state index contributed by atoms with van der Waals surface area (Å²) >= 11 is 0. The van der Waals surface area contributed by atoms with E-state index in [2.05, 4.69) is 15.6 Å². The first kappa shape index (κ1) is 28.5. The summed E-state index contributed by atoms with van der Waals surface area (Å²) in [6.07, 6.45) is 5.55. The molecule has 0 aromatic heterocycles. The molecule has 0 bridgehead atoms. The van der Waals surface area contributed by atoms with Gasteiger partial charge in [-0.3, -0.25) is 4.79 Å². The van der Waals surface area contributed by atoms with Crippen molar-refractivity contribution in [2.45, 2.75) is 77.8 Å². The highest BCUT2D eigenvalue weighted by Gasteiger charge is 2.36. The predicted molar refractivity (Wildman–Crippen MR) is 137 cm³/mol. The number of carbonyl (C=O) groups excluding carboxylic acids is 1. The molecule has 0 aliphatic carbocycles. The zero-order valence-electron chi connectivity index (χ0n) is 21.0. The zero-order valence-corrected chi connectivity index (χ0v) is 21.0. The second-order valence-corrected chi connectivity index (χ2v) is 8.83. The topological polar surface area (TPSA) is 56.7 Å². The Morgan fingerprint density at radius 3 is 2.54 bits per heavy atom. The number of hydrogen-bond donors (Lipinski definition) is 2. The van der Waals surface area contributed by atoms with E-state index in [1.165, 1.54) is 0 Å². The van der Waals surface area contributed by atoms with E-state index in [-0.39, 0.29) is 11.6 Å². The molecule has 1 aliphatic heterocycles. The predicted octanol–water partition coefficient (Wildman–Crippen LogP) is 6.81. The SMILES string of the molecule is CCC/C=C(NCCCN1CCCCCCCC1=O)/C(=C\N=C(C)Nc1ccccc1)C(F)(F)F. The van der Waals surface area contributed by atoms with Crippen molar-refractivity contribution in [2.75, 3.05) is 25.0 Å². The summed E-state index contributed by atoms with van der Waals surface area (Å²) in [5.74, 6) is 0.513. The third kappa shape index (κ3) is 11.0. The molecule has 8 heteroatoms. The van der Waals surface area contributed by atoms with Crippen LogP contribution in [-0.2, 0) is 4.79 Å². The van der Waals surface area contributed by atoms with Gasteiger partial charge in [0.05, 0.1) is 5.57 Å². The normalized spacial score (nSPS) is 17.0. The number of carbonyl (C=O) groups is 1. The van der Waals surface area contributed by atoms with E-state index in [4.69, 9.17) is 0 Å². The van der Waals surface area contributed by atoms with Crippen LogP contribution >= 0.6 is 0 Å². The van der Waals surface area contributed by atoms with Crippen LogP contribution in [0.4, 0.5) is 18.9 Å². The number of aliphatic imine (C=N–C) groups is 1. The van der Waals surface area contributed by atoms with Gasteiger partial charge >= 0.3 is 6.18 Å². The van der Waals surface area contributed by atoms with E-state index in [0.29, 0.717) is 38.2 Å². The first-order chi connectivity index (χ1) is 16.8. The molecule has 1 aromatic carbocycles. The average Bonchev–Trinajstić information content (AvgIpc) is 2.91. The minimum absolute atomic E-state index is 0.0337. The van der Waals surface area contributed by atoms with Gasteiger partial charge in [0.15, 0.2) is 0 Å². The van der Waals surface area contributed by atoms with Crippen molar-refractivity contribution in [3.63, 3.8) is 0 Å². The molecular weight excluding hydrogens is 453 g/mol. The maximum atomic E-state index is 14.0. The second-order valence-electron chi connectivity index (χ2n) is 8.83. The molecule has 1 aromatic rings. The van der Waals surface area contributed by atoms with Crippen LogP contribution in [0.5, 0.6) is 0 Å². The monoisotopic (exact) mass is 492 g/mol. The Kier molecular flexibility index (Phi) is 12.4. The van der Waals surface area contributed by atoms with E-state index in [9.17, 15) is 18.0 Å². The van der Waals surface area contributed by atoms with Gasteiger partial charge in [0.25, 0.3) is 0 Å². The number of allylic oxidation sites excluding steroid dienone is 2. The van der Waals surface area contributed by atoms with E-state index < -0.39 is 11.7 Å². The van der Waals surface area contributed by atoms with Gasteiger partial charge < -0.3 is 15.5 Å². The van der Waals surface area contributed by atoms with Crippen molar-refractivity contribution in [3.8, 4) is 0 Å². The first-order valence-electron chi connectivity index (χ1n) is 12.7. The number of alkyl halides is 3. The standard InChI is InChI=1S/C27H39F3N4O/c1-3-4-16-25(31-18-13-20-34-19-12-7-5-6-11-17-26(34)35)24(27(28,29)30)21-32-22(2)33-23-14-9-8-10-15-23/h8-10,14-16,21,31H,3-7,11-13,17-20H2,1-2H3,(H,32,33)/b24-21+,25-16-. The van der Waals surface area contributed by atoms with Gasteiger partial charge in [-0.1, -0.05) is 56.9 Å². The number of para-hydroxylation sites is 1. The number of benzene rings is 1. The summed E-state index contributed by atoms with van der Waals surface area (Å²) in [7, 11) is 0. The van der Waals surface area contributed by atoms with Crippen LogP contribution in [0.25, 0.3) is 0 Å². The molecule has 0 saturated carbocycles. The number of halogens is 3. The molecule has 2 N–H and O–H groups in total. The molecule has 1 heterocycles. The molecule has 0 spiro atoms. The molecular formula is C27H39F3N4O. The average molecular weight is 493 g/mol. The summed E-state index contributed by atoms with van der Waals surface area (Å²) in [5.41, 5.74) is -0.0181. The molecule has 35 heavy (non-hydrogen) atoms. The number of nitrogens with one attached hydrogen (secondary N) is 2. The number of hydrogen-bond acceptors (Lipinski definition) is 3. The van der Waals surface area contributed by atoms with Crippen molar-refractivity contribution < 1.29 is 18.0 Å². The summed E-state index contributed by atoms with van der Waals surface area (Å²) in [5, 5.41) is 5.97. The Balaban J connectivity index is 2.06.